The molecule has 0 heterocycles. The minimum atomic E-state index is 0.0451. The van der Waals surface area contributed by atoms with Gasteiger partial charge in [0.1, 0.15) is 0 Å². The van der Waals surface area contributed by atoms with Crippen LogP contribution in [0.5, 0.6) is 0 Å². The van der Waals surface area contributed by atoms with Crippen molar-refractivity contribution in [1.82, 2.24) is 5.32 Å². The minimum Gasteiger partial charge on any atom is -0.350 e. The van der Waals surface area contributed by atoms with E-state index in [0.29, 0.717) is 5.92 Å². The van der Waals surface area contributed by atoms with Gasteiger partial charge in [-0.3, -0.25) is 4.79 Å². The second-order valence-electron chi connectivity index (χ2n) is 5.66. The second-order valence-corrected chi connectivity index (χ2v) is 5.66. The third kappa shape index (κ3) is 4.52. The first kappa shape index (κ1) is 14.7. The molecule has 1 aromatic rings. The van der Waals surface area contributed by atoms with E-state index < -0.39 is 0 Å². The Bertz CT molecular complexity index is 410. The van der Waals surface area contributed by atoms with Gasteiger partial charge in [-0.25, -0.2) is 0 Å². The zero-order valence-corrected chi connectivity index (χ0v) is 12.2. The largest absolute Gasteiger partial charge is 0.350 e. The molecule has 1 atom stereocenters. The number of aryl methyl sites for hydroxylation is 2. The highest BCUT2D eigenvalue weighted by Crippen LogP contribution is 2.12. The van der Waals surface area contributed by atoms with Crippen molar-refractivity contribution in [3.63, 3.8) is 0 Å². The monoisotopic (exact) mass is 247 g/mol. The lowest BCUT2D eigenvalue weighted by molar-refractivity contribution is 0.0936. The van der Waals surface area contributed by atoms with E-state index in [9.17, 15) is 4.79 Å². The van der Waals surface area contributed by atoms with Crippen LogP contribution in [0.2, 0.25) is 0 Å². The van der Waals surface area contributed by atoms with Crippen LogP contribution in [0.15, 0.2) is 18.2 Å². The van der Waals surface area contributed by atoms with Gasteiger partial charge in [0.25, 0.3) is 5.91 Å². The molecule has 0 radical (unpaired) electrons. The molecule has 1 rings (SSSR count). The molecule has 0 aromatic heterocycles. The molecule has 0 aliphatic rings. The van der Waals surface area contributed by atoms with E-state index >= 15 is 0 Å². The lowest BCUT2D eigenvalue weighted by Gasteiger charge is -2.16. The maximum Gasteiger partial charge on any atom is 0.251 e. The van der Waals surface area contributed by atoms with E-state index in [0.717, 1.165) is 24.0 Å². The third-order valence-corrected chi connectivity index (χ3v) is 3.18. The van der Waals surface area contributed by atoms with Crippen LogP contribution in [0.1, 0.15) is 55.1 Å². The first-order valence-electron chi connectivity index (χ1n) is 6.78. The number of hydrogen-bond donors (Lipinski definition) is 1. The Labute approximate surface area is 111 Å². The van der Waals surface area contributed by atoms with Gasteiger partial charge in [-0.05, 0) is 51.2 Å². The summed E-state index contributed by atoms with van der Waals surface area (Å²) in [6.07, 6.45) is 2.18. The predicted octanol–water partition coefficient (Wildman–Crippen LogP) is 3.86. The normalized spacial score (nSPS) is 12.6. The molecule has 1 amide bonds. The molecule has 0 fully saturated rings. The summed E-state index contributed by atoms with van der Waals surface area (Å²) in [5.41, 5.74) is 3.03. The van der Waals surface area contributed by atoms with E-state index in [2.05, 4.69) is 26.1 Å². The number of benzene rings is 1. The summed E-state index contributed by atoms with van der Waals surface area (Å²) in [7, 11) is 0. The van der Waals surface area contributed by atoms with Crippen molar-refractivity contribution < 1.29 is 4.79 Å². The molecule has 0 saturated carbocycles. The number of hydrogen-bond acceptors (Lipinski definition) is 1. The van der Waals surface area contributed by atoms with E-state index in [1.54, 1.807) is 0 Å². The van der Waals surface area contributed by atoms with Crippen molar-refractivity contribution in [3.05, 3.63) is 34.9 Å². The van der Waals surface area contributed by atoms with Crippen LogP contribution in [0.4, 0.5) is 0 Å². The molecule has 1 aromatic carbocycles. The maximum absolute atomic E-state index is 12.1. The van der Waals surface area contributed by atoms with Crippen molar-refractivity contribution >= 4 is 5.91 Å². The molecule has 2 heteroatoms. The van der Waals surface area contributed by atoms with Crippen LogP contribution >= 0.6 is 0 Å². The van der Waals surface area contributed by atoms with E-state index in [1.807, 2.05) is 32.0 Å². The molecular weight excluding hydrogens is 222 g/mol. The van der Waals surface area contributed by atoms with Crippen LogP contribution < -0.4 is 5.32 Å². The maximum atomic E-state index is 12.1. The quantitative estimate of drug-likeness (QED) is 0.841. The number of rotatable bonds is 5. The van der Waals surface area contributed by atoms with Gasteiger partial charge in [0.15, 0.2) is 0 Å². The average Bonchev–Trinajstić information content (AvgIpc) is 2.26. The lowest BCUT2D eigenvalue weighted by Crippen LogP contribution is -2.33. The Balaban J connectivity index is 2.59. The Morgan fingerprint density at radius 1 is 1.17 bits per heavy atom. The van der Waals surface area contributed by atoms with E-state index in [-0.39, 0.29) is 11.9 Å². The summed E-state index contributed by atoms with van der Waals surface area (Å²) in [4.78, 5) is 12.1. The van der Waals surface area contributed by atoms with Crippen LogP contribution in [0, 0.1) is 19.8 Å². The van der Waals surface area contributed by atoms with Gasteiger partial charge < -0.3 is 5.32 Å². The molecule has 2 nitrogen and oxygen atoms in total. The van der Waals surface area contributed by atoms with Crippen molar-refractivity contribution in [2.45, 2.75) is 53.5 Å². The molecule has 0 spiro atoms. The molecule has 100 valence electrons. The van der Waals surface area contributed by atoms with Gasteiger partial charge in [0, 0.05) is 11.6 Å². The molecule has 1 N–H and O–H groups in total. The van der Waals surface area contributed by atoms with Gasteiger partial charge in [-0.15, -0.1) is 0 Å². The fraction of sp³-hybridized carbons (Fsp3) is 0.562. The molecule has 0 bridgehead atoms. The van der Waals surface area contributed by atoms with Gasteiger partial charge in [-0.2, -0.15) is 0 Å². The minimum absolute atomic E-state index is 0.0451. The van der Waals surface area contributed by atoms with Crippen LogP contribution in [-0.2, 0) is 0 Å². The van der Waals surface area contributed by atoms with Crippen molar-refractivity contribution in [2.75, 3.05) is 0 Å². The van der Waals surface area contributed by atoms with Gasteiger partial charge in [0.2, 0.25) is 0 Å². The van der Waals surface area contributed by atoms with Crippen LogP contribution in [0.3, 0.4) is 0 Å². The van der Waals surface area contributed by atoms with Crippen LogP contribution in [-0.4, -0.2) is 11.9 Å². The van der Waals surface area contributed by atoms with Gasteiger partial charge in [0.05, 0.1) is 0 Å². The molecule has 0 aliphatic heterocycles. The van der Waals surface area contributed by atoms with Gasteiger partial charge in [-0.1, -0.05) is 31.5 Å². The number of carbonyl (C=O) groups is 1. The number of amides is 1. The average molecular weight is 247 g/mol. The summed E-state index contributed by atoms with van der Waals surface area (Å²) in [5.74, 6) is 0.731. The smallest absolute Gasteiger partial charge is 0.251 e. The van der Waals surface area contributed by atoms with Crippen LogP contribution in [0.25, 0.3) is 0 Å². The zero-order chi connectivity index (χ0) is 13.7. The summed E-state index contributed by atoms with van der Waals surface area (Å²) >= 11 is 0. The van der Waals surface area contributed by atoms with Crippen molar-refractivity contribution in [2.24, 2.45) is 5.92 Å². The van der Waals surface area contributed by atoms with E-state index in [4.69, 9.17) is 0 Å². The Morgan fingerprint density at radius 2 is 1.83 bits per heavy atom. The lowest BCUT2D eigenvalue weighted by atomic mass is 10.0. The summed E-state index contributed by atoms with van der Waals surface area (Å²) in [6.45, 7) is 10.5. The van der Waals surface area contributed by atoms with Gasteiger partial charge >= 0.3 is 0 Å². The molecular formula is C16H25NO. The first-order valence-corrected chi connectivity index (χ1v) is 6.78. The predicted molar refractivity (Wildman–Crippen MR) is 76.9 cm³/mol. The molecule has 1 unspecified atom stereocenters. The fourth-order valence-electron chi connectivity index (χ4n) is 2.03. The Kier molecular flexibility index (Phi) is 5.39. The fourth-order valence-corrected chi connectivity index (χ4v) is 2.03. The topological polar surface area (TPSA) is 29.1 Å². The molecule has 18 heavy (non-hydrogen) atoms. The SMILES string of the molecule is Cc1ccc(C(=O)NC(C)CCC(C)C)c(C)c1. The second kappa shape index (κ2) is 6.58. The highest BCUT2D eigenvalue weighted by Gasteiger charge is 2.12. The zero-order valence-electron chi connectivity index (χ0n) is 12.2. The Hall–Kier alpha value is -1.31. The summed E-state index contributed by atoms with van der Waals surface area (Å²) in [5, 5.41) is 3.07. The molecule has 0 saturated heterocycles. The Morgan fingerprint density at radius 3 is 2.39 bits per heavy atom. The number of carbonyl (C=O) groups excluding carboxylic acids is 1. The summed E-state index contributed by atoms with van der Waals surface area (Å²) < 4.78 is 0. The van der Waals surface area contributed by atoms with Crippen molar-refractivity contribution in [1.29, 1.82) is 0 Å². The van der Waals surface area contributed by atoms with E-state index in [1.165, 1.54) is 5.56 Å². The highest BCUT2D eigenvalue weighted by atomic mass is 16.1. The third-order valence-electron chi connectivity index (χ3n) is 3.18. The highest BCUT2D eigenvalue weighted by molar-refractivity contribution is 5.95. The standard InChI is InChI=1S/C16H25NO/c1-11(2)6-8-14(5)17-16(18)15-9-7-12(3)10-13(15)4/h7,9-11,14H,6,8H2,1-5H3,(H,17,18). The number of nitrogens with one attached hydrogen (secondary N) is 1. The van der Waals surface area contributed by atoms with Crippen molar-refractivity contribution in [3.8, 4) is 0 Å². The molecule has 0 aliphatic carbocycles. The first-order chi connectivity index (χ1) is 8.40. The summed E-state index contributed by atoms with van der Waals surface area (Å²) in [6, 6.07) is 6.18.